The molecule has 1 atom stereocenters. The molecule has 104 valence electrons. The molecule has 0 unspecified atom stereocenters. The Hall–Kier alpha value is -1.53. The van der Waals surface area contributed by atoms with E-state index in [1.807, 2.05) is 32.0 Å². The highest BCUT2D eigenvalue weighted by molar-refractivity contribution is 8.00. The van der Waals surface area contributed by atoms with Crippen molar-refractivity contribution in [2.75, 3.05) is 11.1 Å². The maximum absolute atomic E-state index is 11.9. The fraction of sp³-hybridized carbons (Fsp3) is 0.385. The number of hydrogen-bond donors (Lipinski definition) is 3. The third-order valence-corrected chi connectivity index (χ3v) is 3.63. The lowest BCUT2D eigenvalue weighted by molar-refractivity contribution is -0.118. The lowest BCUT2D eigenvalue weighted by atomic mass is 10.1. The van der Waals surface area contributed by atoms with Gasteiger partial charge in [0, 0.05) is 4.90 Å². The van der Waals surface area contributed by atoms with E-state index in [0.717, 1.165) is 4.90 Å². The second-order valence-corrected chi connectivity index (χ2v) is 5.53. The highest BCUT2D eigenvalue weighted by Crippen LogP contribution is 2.26. The Morgan fingerprint density at radius 2 is 1.95 bits per heavy atom. The number of hydrogen-bond acceptors (Lipinski definition) is 4. The Bertz CT molecular complexity index is 463. The van der Waals surface area contributed by atoms with Gasteiger partial charge in [0.15, 0.2) is 0 Å². The SMILES string of the molecule is CC(C)[C@H](N)C(=O)Nc1ccccc1SCC(N)=O. The zero-order valence-corrected chi connectivity index (χ0v) is 11.9. The van der Waals surface area contributed by atoms with Crippen LogP contribution in [-0.4, -0.2) is 23.6 Å². The second kappa shape index (κ2) is 7.16. The summed E-state index contributed by atoms with van der Waals surface area (Å²) in [6.45, 7) is 3.77. The van der Waals surface area contributed by atoms with E-state index in [4.69, 9.17) is 11.5 Å². The molecule has 0 saturated heterocycles. The zero-order chi connectivity index (χ0) is 14.4. The van der Waals surface area contributed by atoms with Crippen molar-refractivity contribution in [2.45, 2.75) is 24.8 Å². The van der Waals surface area contributed by atoms with Crippen LogP contribution >= 0.6 is 11.8 Å². The molecule has 0 bridgehead atoms. The van der Waals surface area contributed by atoms with Crippen molar-refractivity contribution in [1.29, 1.82) is 0 Å². The van der Waals surface area contributed by atoms with Crippen molar-refractivity contribution < 1.29 is 9.59 Å². The fourth-order valence-corrected chi connectivity index (χ4v) is 2.11. The highest BCUT2D eigenvalue weighted by atomic mass is 32.2. The van der Waals surface area contributed by atoms with Gasteiger partial charge in [0.1, 0.15) is 0 Å². The number of primary amides is 1. The van der Waals surface area contributed by atoms with Gasteiger partial charge in [-0.15, -0.1) is 11.8 Å². The number of benzene rings is 1. The molecular formula is C13H19N3O2S. The number of para-hydroxylation sites is 1. The predicted octanol–water partition coefficient (Wildman–Crippen LogP) is 1.19. The van der Waals surface area contributed by atoms with Crippen molar-refractivity contribution in [3.63, 3.8) is 0 Å². The first kappa shape index (κ1) is 15.5. The molecule has 0 spiro atoms. The monoisotopic (exact) mass is 281 g/mol. The molecular weight excluding hydrogens is 262 g/mol. The van der Waals surface area contributed by atoms with Gasteiger partial charge in [-0.1, -0.05) is 26.0 Å². The molecule has 1 aromatic rings. The number of carbonyl (C=O) groups excluding carboxylic acids is 2. The van der Waals surface area contributed by atoms with Crippen molar-refractivity contribution in [2.24, 2.45) is 17.4 Å². The van der Waals surface area contributed by atoms with Crippen LogP contribution in [0.5, 0.6) is 0 Å². The smallest absolute Gasteiger partial charge is 0.241 e. The average Bonchev–Trinajstić information content (AvgIpc) is 2.36. The van der Waals surface area contributed by atoms with E-state index in [9.17, 15) is 9.59 Å². The molecule has 5 N–H and O–H groups in total. The molecule has 5 nitrogen and oxygen atoms in total. The second-order valence-electron chi connectivity index (χ2n) is 4.51. The minimum Gasteiger partial charge on any atom is -0.369 e. The van der Waals surface area contributed by atoms with E-state index in [1.165, 1.54) is 11.8 Å². The van der Waals surface area contributed by atoms with Gasteiger partial charge >= 0.3 is 0 Å². The summed E-state index contributed by atoms with van der Waals surface area (Å²) < 4.78 is 0. The standard InChI is InChI=1S/C13H19N3O2S/c1-8(2)12(15)13(18)16-9-5-3-4-6-10(9)19-7-11(14)17/h3-6,8,12H,7,15H2,1-2H3,(H2,14,17)(H,16,18)/t12-/m0/s1. The summed E-state index contributed by atoms with van der Waals surface area (Å²) >= 11 is 1.29. The Morgan fingerprint density at radius 1 is 1.32 bits per heavy atom. The number of carbonyl (C=O) groups is 2. The number of nitrogens with two attached hydrogens (primary N) is 2. The molecule has 0 aromatic heterocycles. The Kier molecular flexibility index (Phi) is 5.85. The number of rotatable bonds is 6. The van der Waals surface area contributed by atoms with Gasteiger partial charge in [-0.2, -0.15) is 0 Å². The molecule has 19 heavy (non-hydrogen) atoms. The predicted molar refractivity (Wildman–Crippen MR) is 77.8 cm³/mol. The van der Waals surface area contributed by atoms with Crippen molar-refractivity contribution in [3.05, 3.63) is 24.3 Å². The zero-order valence-electron chi connectivity index (χ0n) is 11.1. The van der Waals surface area contributed by atoms with Crippen LogP contribution < -0.4 is 16.8 Å². The maximum atomic E-state index is 11.9. The molecule has 0 aliphatic carbocycles. The van der Waals surface area contributed by atoms with E-state index < -0.39 is 11.9 Å². The third kappa shape index (κ3) is 4.92. The molecule has 0 aliphatic rings. The lowest BCUT2D eigenvalue weighted by Gasteiger charge is -2.16. The van der Waals surface area contributed by atoms with Gasteiger partial charge in [-0.25, -0.2) is 0 Å². The van der Waals surface area contributed by atoms with Crippen LogP contribution in [-0.2, 0) is 9.59 Å². The van der Waals surface area contributed by atoms with Gasteiger partial charge in [0.05, 0.1) is 17.5 Å². The summed E-state index contributed by atoms with van der Waals surface area (Å²) in [4.78, 5) is 23.5. The minimum atomic E-state index is -0.561. The summed E-state index contributed by atoms with van der Waals surface area (Å²) in [6, 6.07) is 6.68. The maximum Gasteiger partial charge on any atom is 0.241 e. The Morgan fingerprint density at radius 3 is 2.53 bits per heavy atom. The average molecular weight is 281 g/mol. The van der Waals surface area contributed by atoms with Gasteiger partial charge in [0.25, 0.3) is 0 Å². The molecule has 0 fully saturated rings. The van der Waals surface area contributed by atoms with E-state index in [-0.39, 0.29) is 17.6 Å². The fourth-order valence-electron chi connectivity index (χ4n) is 1.36. The molecule has 1 rings (SSSR count). The Balaban J connectivity index is 2.77. The van der Waals surface area contributed by atoms with Crippen LogP contribution in [0.25, 0.3) is 0 Å². The largest absolute Gasteiger partial charge is 0.369 e. The number of thioether (sulfide) groups is 1. The Labute approximate surface area is 117 Å². The number of nitrogens with one attached hydrogen (secondary N) is 1. The molecule has 2 amide bonds. The van der Waals surface area contributed by atoms with Gasteiger partial charge < -0.3 is 16.8 Å². The minimum absolute atomic E-state index is 0.0606. The molecule has 0 heterocycles. The molecule has 1 aromatic carbocycles. The first-order valence-electron chi connectivity index (χ1n) is 5.98. The summed E-state index contributed by atoms with van der Waals surface area (Å²) in [7, 11) is 0. The number of anilines is 1. The first-order chi connectivity index (χ1) is 8.91. The van der Waals surface area contributed by atoms with Crippen LogP contribution in [0.4, 0.5) is 5.69 Å². The van der Waals surface area contributed by atoms with Crippen molar-refractivity contribution in [1.82, 2.24) is 0 Å². The topological polar surface area (TPSA) is 98.2 Å². The van der Waals surface area contributed by atoms with Crippen LogP contribution in [0, 0.1) is 5.92 Å². The molecule has 0 aliphatic heterocycles. The summed E-state index contributed by atoms with van der Waals surface area (Å²) in [6.07, 6.45) is 0. The van der Waals surface area contributed by atoms with E-state index >= 15 is 0 Å². The molecule has 0 radical (unpaired) electrons. The van der Waals surface area contributed by atoms with Crippen LogP contribution in [0.2, 0.25) is 0 Å². The summed E-state index contributed by atoms with van der Waals surface area (Å²) in [5, 5.41) is 2.78. The molecule has 0 saturated carbocycles. The summed E-state index contributed by atoms with van der Waals surface area (Å²) in [5.41, 5.74) is 11.5. The van der Waals surface area contributed by atoms with E-state index in [2.05, 4.69) is 5.32 Å². The third-order valence-electron chi connectivity index (χ3n) is 2.54. The van der Waals surface area contributed by atoms with Crippen LogP contribution in [0.3, 0.4) is 0 Å². The lowest BCUT2D eigenvalue weighted by Crippen LogP contribution is -2.39. The van der Waals surface area contributed by atoms with Crippen molar-refractivity contribution >= 4 is 29.3 Å². The summed E-state index contributed by atoms with van der Waals surface area (Å²) in [5.74, 6) is -0.402. The highest BCUT2D eigenvalue weighted by Gasteiger charge is 2.18. The number of amides is 2. The van der Waals surface area contributed by atoms with E-state index in [0.29, 0.717) is 5.69 Å². The quantitative estimate of drug-likeness (QED) is 0.682. The van der Waals surface area contributed by atoms with E-state index in [1.54, 1.807) is 6.07 Å². The van der Waals surface area contributed by atoms with Crippen molar-refractivity contribution in [3.8, 4) is 0 Å². The van der Waals surface area contributed by atoms with Gasteiger partial charge in [-0.3, -0.25) is 9.59 Å². The van der Waals surface area contributed by atoms with Gasteiger partial charge in [-0.05, 0) is 18.1 Å². The van der Waals surface area contributed by atoms with Crippen LogP contribution in [0.15, 0.2) is 29.2 Å². The first-order valence-corrected chi connectivity index (χ1v) is 6.97. The normalized spacial score (nSPS) is 12.2. The van der Waals surface area contributed by atoms with Crippen LogP contribution in [0.1, 0.15) is 13.8 Å². The van der Waals surface area contributed by atoms with Gasteiger partial charge in [0.2, 0.25) is 11.8 Å². The molecule has 6 heteroatoms.